The lowest BCUT2D eigenvalue weighted by molar-refractivity contribution is -0.167. The third-order valence-corrected chi connectivity index (χ3v) is 9.62. The van der Waals surface area contributed by atoms with Crippen molar-refractivity contribution >= 4 is 17.5 Å². The van der Waals surface area contributed by atoms with Gasteiger partial charge in [0.15, 0.2) is 0 Å². The Hall–Kier alpha value is -1.43. The first-order valence-corrected chi connectivity index (χ1v) is 12.3. The van der Waals surface area contributed by atoms with E-state index in [1.807, 2.05) is 7.05 Å². The zero-order chi connectivity index (χ0) is 22.2. The van der Waals surface area contributed by atoms with E-state index in [2.05, 4.69) is 24.3 Å². The van der Waals surface area contributed by atoms with E-state index >= 15 is 0 Å². The number of fused-ring (bicyclic) bond motifs is 5. The van der Waals surface area contributed by atoms with E-state index in [0.717, 1.165) is 70.0 Å². The molecule has 4 saturated carbocycles. The summed E-state index contributed by atoms with van der Waals surface area (Å²) in [6.45, 7) is 6.14. The molecule has 6 nitrogen and oxygen atoms in total. The number of Topliss-reactive ketones (excluding diaryl/α,β-unsaturated/α-hetero) is 1. The molecule has 4 aliphatic carbocycles. The van der Waals surface area contributed by atoms with Crippen LogP contribution in [0.4, 0.5) is 0 Å². The fourth-order valence-electron chi connectivity index (χ4n) is 7.86. The molecule has 0 aromatic carbocycles. The number of rotatable bonds is 6. The number of nitrogens with zero attached hydrogens (tertiary/aromatic N) is 1. The number of hydrogen-bond donors (Lipinski definition) is 1. The van der Waals surface area contributed by atoms with E-state index in [9.17, 15) is 9.59 Å². The molecule has 0 bridgehead atoms. The lowest BCUT2D eigenvalue weighted by atomic mass is 9.43. The van der Waals surface area contributed by atoms with Gasteiger partial charge in [-0.1, -0.05) is 19.0 Å². The zero-order valence-corrected chi connectivity index (χ0v) is 19.7. The fourth-order valence-corrected chi connectivity index (χ4v) is 7.86. The molecule has 0 radical (unpaired) electrons. The summed E-state index contributed by atoms with van der Waals surface area (Å²) in [5.41, 5.74) is 1.02. The van der Waals surface area contributed by atoms with Crippen LogP contribution in [0.1, 0.15) is 71.6 Å². The maximum atomic E-state index is 12.9. The second-order valence-electron chi connectivity index (χ2n) is 10.9. The molecule has 0 aromatic heterocycles. The standard InChI is InChI=1S/C25H40N2O4/c1-24-10-8-16(27-31-13-5-12-26-3)14-21(24)18(23(29)30-4)15-17-19-6-7-22(28)25(19,2)11-9-20(17)24/h17-21,26H,5-15H2,1-4H3/b27-16+/t17-,18-,19-,20-,21+,24+,25-/m0/s1. The Labute approximate surface area is 186 Å². The van der Waals surface area contributed by atoms with Crippen LogP contribution in [0.5, 0.6) is 0 Å². The molecule has 4 fully saturated rings. The summed E-state index contributed by atoms with van der Waals surface area (Å²) in [5.74, 6) is 1.97. The summed E-state index contributed by atoms with van der Waals surface area (Å²) >= 11 is 0. The van der Waals surface area contributed by atoms with Gasteiger partial charge in [0.25, 0.3) is 0 Å². The fraction of sp³-hybridized carbons (Fsp3) is 0.880. The van der Waals surface area contributed by atoms with Crippen molar-refractivity contribution in [2.45, 2.75) is 71.6 Å². The second-order valence-corrected chi connectivity index (χ2v) is 10.9. The van der Waals surface area contributed by atoms with Crippen LogP contribution in [0, 0.1) is 40.4 Å². The minimum atomic E-state index is -0.173. The number of ketones is 1. The Morgan fingerprint density at radius 1 is 1.16 bits per heavy atom. The Bertz CT molecular complexity index is 737. The first-order valence-electron chi connectivity index (χ1n) is 12.3. The van der Waals surface area contributed by atoms with Gasteiger partial charge >= 0.3 is 5.97 Å². The van der Waals surface area contributed by atoms with E-state index in [4.69, 9.17) is 9.57 Å². The summed E-state index contributed by atoms with van der Waals surface area (Å²) in [6.07, 6.45) is 8.44. The molecule has 6 heteroatoms. The molecular formula is C25H40N2O4. The van der Waals surface area contributed by atoms with Crippen LogP contribution in [-0.2, 0) is 19.2 Å². The van der Waals surface area contributed by atoms with Gasteiger partial charge in [-0.15, -0.1) is 0 Å². The molecule has 7 atom stereocenters. The van der Waals surface area contributed by atoms with Crippen molar-refractivity contribution < 1.29 is 19.2 Å². The van der Waals surface area contributed by atoms with Gasteiger partial charge in [0.2, 0.25) is 0 Å². The molecule has 0 amide bonds. The van der Waals surface area contributed by atoms with Crippen molar-refractivity contribution in [1.82, 2.24) is 5.32 Å². The molecule has 0 aliphatic heterocycles. The largest absolute Gasteiger partial charge is 0.469 e. The van der Waals surface area contributed by atoms with E-state index in [0.29, 0.717) is 30.1 Å². The summed E-state index contributed by atoms with van der Waals surface area (Å²) in [4.78, 5) is 31.3. The molecule has 0 saturated heterocycles. The smallest absolute Gasteiger partial charge is 0.308 e. The van der Waals surface area contributed by atoms with Crippen molar-refractivity contribution in [1.29, 1.82) is 0 Å². The number of ether oxygens (including phenoxy) is 1. The SMILES string of the molecule is CNCCCO/N=C1\CC[C@@]2(C)[C@H](C1)[C@@H](C(=O)OC)C[C@@H]1[C@@H]2CC[C@]2(C)C(=O)CC[C@@H]12. The van der Waals surface area contributed by atoms with Gasteiger partial charge < -0.3 is 14.9 Å². The average Bonchev–Trinajstić information content (AvgIpc) is 3.07. The van der Waals surface area contributed by atoms with Crippen LogP contribution in [0.3, 0.4) is 0 Å². The van der Waals surface area contributed by atoms with Crippen molar-refractivity contribution in [2.24, 2.45) is 45.6 Å². The van der Waals surface area contributed by atoms with Gasteiger partial charge in [0.05, 0.1) is 18.7 Å². The highest BCUT2D eigenvalue weighted by Crippen LogP contribution is 2.66. The lowest BCUT2D eigenvalue weighted by Gasteiger charge is -2.61. The lowest BCUT2D eigenvalue weighted by Crippen LogP contribution is -2.57. The highest BCUT2D eigenvalue weighted by Gasteiger charge is 2.63. The normalized spacial score (nSPS) is 43.2. The minimum absolute atomic E-state index is 0.0811. The van der Waals surface area contributed by atoms with Crippen LogP contribution in [0.25, 0.3) is 0 Å². The Morgan fingerprint density at radius 2 is 1.97 bits per heavy atom. The summed E-state index contributed by atoms with van der Waals surface area (Å²) in [6, 6.07) is 0. The monoisotopic (exact) mass is 432 g/mol. The topological polar surface area (TPSA) is 77.0 Å². The number of hydrogen-bond acceptors (Lipinski definition) is 6. The predicted octanol–water partition coefficient (Wildman–Crippen LogP) is 3.98. The van der Waals surface area contributed by atoms with Crippen LogP contribution < -0.4 is 5.32 Å². The summed E-state index contributed by atoms with van der Waals surface area (Å²) < 4.78 is 5.30. The zero-order valence-electron chi connectivity index (χ0n) is 19.7. The predicted molar refractivity (Wildman–Crippen MR) is 120 cm³/mol. The molecule has 31 heavy (non-hydrogen) atoms. The maximum Gasteiger partial charge on any atom is 0.308 e. The van der Waals surface area contributed by atoms with E-state index in [1.165, 1.54) is 7.11 Å². The van der Waals surface area contributed by atoms with Gasteiger partial charge in [-0.05, 0) is 94.0 Å². The molecule has 1 N–H and O–H groups in total. The van der Waals surface area contributed by atoms with Crippen molar-refractivity contribution in [3.05, 3.63) is 0 Å². The van der Waals surface area contributed by atoms with Gasteiger partial charge in [-0.2, -0.15) is 0 Å². The van der Waals surface area contributed by atoms with Gasteiger partial charge in [-0.25, -0.2) is 0 Å². The van der Waals surface area contributed by atoms with E-state index in [-0.39, 0.29) is 28.6 Å². The summed E-state index contributed by atoms with van der Waals surface area (Å²) in [5, 5.41) is 7.59. The van der Waals surface area contributed by atoms with Crippen molar-refractivity contribution in [3.8, 4) is 0 Å². The molecule has 0 aromatic rings. The highest BCUT2D eigenvalue weighted by molar-refractivity contribution is 5.88. The summed E-state index contributed by atoms with van der Waals surface area (Å²) in [7, 11) is 3.45. The van der Waals surface area contributed by atoms with Crippen molar-refractivity contribution in [3.63, 3.8) is 0 Å². The Balaban J connectivity index is 1.56. The third kappa shape index (κ3) is 3.83. The van der Waals surface area contributed by atoms with Crippen LogP contribution in [0.2, 0.25) is 0 Å². The van der Waals surface area contributed by atoms with Gasteiger partial charge in [-0.3, -0.25) is 9.59 Å². The Kier molecular flexibility index (Phi) is 6.49. The highest BCUT2D eigenvalue weighted by atomic mass is 16.6. The number of esters is 1. The first-order chi connectivity index (χ1) is 14.8. The first kappa shape index (κ1) is 22.8. The van der Waals surface area contributed by atoms with Crippen LogP contribution in [0.15, 0.2) is 5.16 Å². The number of methoxy groups -OCH3 is 1. The number of carbonyl (C=O) groups is 2. The van der Waals surface area contributed by atoms with E-state index in [1.54, 1.807) is 0 Å². The van der Waals surface area contributed by atoms with Gasteiger partial charge in [0, 0.05) is 11.8 Å². The molecule has 0 unspecified atom stereocenters. The maximum absolute atomic E-state index is 12.9. The molecule has 4 aliphatic rings. The van der Waals surface area contributed by atoms with Crippen molar-refractivity contribution in [2.75, 3.05) is 27.3 Å². The third-order valence-electron chi connectivity index (χ3n) is 9.62. The number of nitrogens with one attached hydrogen (secondary N) is 1. The minimum Gasteiger partial charge on any atom is -0.469 e. The molecule has 174 valence electrons. The quantitative estimate of drug-likeness (QED) is 0.390. The van der Waals surface area contributed by atoms with E-state index < -0.39 is 0 Å². The molecule has 4 rings (SSSR count). The Morgan fingerprint density at radius 3 is 2.71 bits per heavy atom. The number of oxime groups is 1. The van der Waals surface area contributed by atoms with Crippen LogP contribution >= 0.6 is 0 Å². The molecule has 0 heterocycles. The molecule has 0 spiro atoms. The van der Waals surface area contributed by atoms with Gasteiger partial charge in [0.1, 0.15) is 12.4 Å². The molecular weight excluding hydrogens is 392 g/mol. The number of carbonyl (C=O) groups excluding carboxylic acids is 2. The van der Waals surface area contributed by atoms with Crippen LogP contribution in [-0.4, -0.2) is 44.8 Å². The average molecular weight is 433 g/mol. The second kappa shape index (κ2) is 8.84.